The van der Waals surface area contributed by atoms with E-state index in [2.05, 4.69) is 4.98 Å². The van der Waals surface area contributed by atoms with Crippen molar-refractivity contribution in [1.29, 1.82) is 0 Å². The number of nitrogen functional groups attached to an aromatic ring is 1. The first-order valence-electron chi connectivity index (χ1n) is 6.69. The molecule has 0 saturated heterocycles. The smallest absolute Gasteiger partial charge is 0.119 e. The largest absolute Gasteiger partial charge is 0.491 e. The lowest BCUT2D eigenvalue weighted by atomic mass is 10.0. The average molecular weight is 272 g/mol. The molecule has 1 unspecified atom stereocenters. The maximum atomic E-state index is 10.2. The summed E-state index contributed by atoms with van der Waals surface area (Å²) in [6.45, 7) is 3.96. The molecule has 4 nitrogen and oxygen atoms in total. The summed E-state index contributed by atoms with van der Waals surface area (Å²) >= 11 is 0. The fourth-order valence-corrected chi connectivity index (χ4v) is 1.98. The number of anilines is 1. The Morgan fingerprint density at radius 2 is 1.90 bits per heavy atom. The van der Waals surface area contributed by atoms with Crippen molar-refractivity contribution in [2.45, 2.75) is 32.5 Å². The van der Waals surface area contributed by atoms with Gasteiger partial charge in [0.05, 0.1) is 12.2 Å². The predicted octanol–water partition coefficient (Wildman–Crippen LogP) is 2.73. The summed E-state index contributed by atoms with van der Waals surface area (Å²) in [5.74, 6) is 0.803. The molecule has 0 fully saturated rings. The summed E-state index contributed by atoms with van der Waals surface area (Å²) in [5.41, 5.74) is 8.19. The van der Waals surface area contributed by atoms with E-state index in [9.17, 15) is 5.11 Å². The molecule has 1 aromatic heterocycles. The highest BCUT2D eigenvalue weighted by atomic mass is 16.5. The second-order valence-corrected chi connectivity index (χ2v) is 5.03. The fourth-order valence-electron chi connectivity index (χ4n) is 1.98. The van der Waals surface area contributed by atoms with Crippen LogP contribution in [0.15, 0.2) is 42.7 Å². The number of aliphatic hydroxyl groups is 1. The molecule has 1 heterocycles. The van der Waals surface area contributed by atoms with E-state index in [1.807, 2.05) is 38.1 Å². The molecule has 0 aliphatic carbocycles. The van der Waals surface area contributed by atoms with Gasteiger partial charge in [0.15, 0.2) is 0 Å². The van der Waals surface area contributed by atoms with Gasteiger partial charge < -0.3 is 15.6 Å². The fraction of sp³-hybridized carbons (Fsp3) is 0.312. The van der Waals surface area contributed by atoms with Gasteiger partial charge in [0.25, 0.3) is 0 Å². The van der Waals surface area contributed by atoms with Crippen LogP contribution in [0.1, 0.15) is 31.1 Å². The monoisotopic (exact) mass is 272 g/mol. The van der Waals surface area contributed by atoms with Crippen molar-refractivity contribution >= 4 is 5.69 Å². The molecule has 1 aromatic carbocycles. The first-order chi connectivity index (χ1) is 9.56. The molecular formula is C16H20N2O2. The number of hydrogen-bond donors (Lipinski definition) is 2. The number of rotatable bonds is 5. The normalized spacial score (nSPS) is 12.4. The molecule has 2 aromatic rings. The summed E-state index contributed by atoms with van der Waals surface area (Å²) in [6.07, 6.45) is 3.32. The lowest BCUT2D eigenvalue weighted by Gasteiger charge is -2.14. The van der Waals surface area contributed by atoms with Gasteiger partial charge in [-0.1, -0.05) is 12.1 Å². The van der Waals surface area contributed by atoms with E-state index in [0.717, 1.165) is 16.9 Å². The minimum absolute atomic E-state index is 0.140. The molecule has 0 aliphatic rings. The van der Waals surface area contributed by atoms with Crippen LogP contribution in [-0.2, 0) is 6.42 Å². The van der Waals surface area contributed by atoms with Crippen molar-refractivity contribution in [1.82, 2.24) is 4.98 Å². The number of ether oxygens (including phenoxy) is 1. The van der Waals surface area contributed by atoms with E-state index in [0.29, 0.717) is 12.1 Å². The minimum Gasteiger partial charge on any atom is -0.491 e. The molecule has 0 saturated carbocycles. The van der Waals surface area contributed by atoms with Gasteiger partial charge in [-0.25, -0.2) is 0 Å². The lowest BCUT2D eigenvalue weighted by Crippen LogP contribution is -2.07. The highest BCUT2D eigenvalue weighted by molar-refractivity contribution is 5.45. The van der Waals surface area contributed by atoms with Crippen molar-refractivity contribution in [3.63, 3.8) is 0 Å². The summed E-state index contributed by atoms with van der Waals surface area (Å²) in [4.78, 5) is 4.03. The summed E-state index contributed by atoms with van der Waals surface area (Å²) in [6, 6.07) is 9.21. The van der Waals surface area contributed by atoms with Crippen LogP contribution in [0.25, 0.3) is 0 Å². The third kappa shape index (κ3) is 3.71. The zero-order chi connectivity index (χ0) is 14.5. The Bertz CT molecular complexity index is 553. The van der Waals surface area contributed by atoms with Crippen LogP contribution in [0.3, 0.4) is 0 Å². The van der Waals surface area contributed by atoms with Gasteiger partial charge in [-0.3, -0.25) is 4.98 Å². The molecule has 3 N–H and O–H groups in total. The molecule has 0 spiro atoms. The molecule has 0 aliphatic heterocycles. The van der Waals surface area contributed by atoms with Crippen LogP contribution < -0.4 is 10.5 Å². The number of nitrogens with two attached hydrogens (primary N) is 1. The highest BCUT2D eigenvalue weighted by Crippen LogP contribution is 2.23. The Morgan fingerprint density at radius 1 is 1.20 bits per heavy atom. The number of benzene rings is 1. The van der Waals surface area contributed by atoms with Crippen molar-refractivity contribution in [3.05, 3.63) is 53.9 Å². The Kier molecular flexibility index (Phi) is 4.58. The second-order valence-electron chi connectivity index (χ2n) is 5.03. The predicted molar refractivity (Wildman–Crippen MR) is 79.5 cm³/mol. The maximum Gasteiger partial charge on any atom is 0.119 e. The lowest BCUT2D eigenvalue weighted by molar-refractivity contribution is 0.178. The summed E-state index contributed by atoms with van der Waals surface area (Å²) < 4.78 is 5.57. The van der Waals surface area contributed by atoms with E-state index in [4.69, 9.17) is 10.5 Å². The van der Waals surface area contributed by atoms with Gasteiger partial charge in [0.1, 0.15) is 5.75 Å². The quantitative estimate of drug-likeness (QED) is 0.878. The van der Waals surface area contributed by atoms with Crippen LogP contribution in [0.4, 0.5) is 5.69 Å². The van der Waals surface area contributed by atoms with Crippen molar-refractivity contribution in [2.75, 3.05) is 5.73 Å². The third-order valence-corrected chi connectivity index (χ3v) is 2.99. The molecule has 0 radical (unpaired) electrons. The van der Waals surface area contributed by atoms with Crippen LogP contribution in [0.5, 0.6) is 5.75 Å². The van der Waals surface area contributed by atoms with Crippen LogP contribution in [0, 0.1) is 0 Å². The molecule has 20 heavy (non-hydrogen) atoms. The number of aliphatic hydroxyl groups excluding tert-OH is 1. The molecule has 106 valence electrons. The van der Waals surface area contributed by atoms with E-state index in [1.54, 1.807) is 18.5 Å². The number of nitrogens with zero attached hydrogens (tertiary/aromatic N) is 1. The standard InChI is InChI=1S/C16H20N2O2/c1-11(2)20-14-5-3-12(4-6-14)16(19)9-13-10-18-8-7-15(13)17/h3-8,10-11,16,19H,9H2,1-2H3,(H2,17,18). The van der Waals surface area contributed by atoms with E-state index >= 15 is 0 Å². The third-order valence-electron chi connectivity index (χ3n) is 2.99. The molecule has 0 amide bonds. The van der Waals surface area contributed by atoms with Gasteiger partial charge in [0.2, 0.25) is 0 Å². The van der Waals surface area contributed by atoms with Crippen LogP contribution >= 0.6 is 0 Å². The first kappa shape index (κ1) is 14.3. The van der Waals surface area contributed by atoms with Crippen molar-refractivity contribution < 1.29 is 9.84 Å². The van der Waals surface area contributed by atoms with Gasteiger partial charge in [-0.15, -0.1) is 0 Å². The zero-order valence-corrected chi connectivity index (χ0v) is 11.8. The Morgan fingerprint density at radius 3 is 2.50 bits per heavy atom. The van der Waals surface area contributed by atoms with Gasteiger partial charge >= 0.3 is 0 Å². The SMILES string of the molecule is CC(C)Oc1ccc(C(O)Cc2cnccc2N)cc1. The zero-order valence-electron chi connectivity index (χ0n) is 11.8. The second kappa shape index (κ2) is 6.39. The van der Waals surface area contributed by atoms with Gasteiger partial charge in [-0.2, -0.15) is 0 Å². The van der Waals surface area contributed by atoms with Gasteiger partial charge in [0, 0.05) is 24.5 Å². The molecule has 2 rings (SSSR count). The minimum atomic E-state index is -0.602. The van der Waals surface area contributed by atoms with Crippen molar-refractivity contribution in [3.8, 4) is 5.75 Å². The van der Waals surface area contributed by atoms with Crippen LogP contribution in [0.2, 0.25) is 0 Å². The molecule has 1 atom stereocenters. The maximum absolute atomic E-state index is 10.2. The Hall–Kier alpha value is -2.07. The number of hydrogen-bond acceptors (Lipinski definition) is 4. The summed E-state index contributed by atoms with van der Waals surface area (Å²) in [5, 5.41) is 10.2. The first-order valence-corrected chi connectivity index (χ1v) is 6.69. The Labute approximate surface area is 119 Å². The van der Waals surface area contributed by atoms with Gasteiger partial charge in [-0.05, 0) is 43.2 Å². The van der Waals surface area contributed by atoms with Crippen LogP contribution in [-0.4, -0.2) is 16.2 Å². The molecule has 0 bridgehead atoms. The van der Waals surface area contributed by atoms with E-state index in [1.165, 1.54) is 0 Å². The van der Waals surface area contributed by atoms with Crippen molar-refractivity contribution in [2.24, 2.45) is 0 Å². The summed E-state index contributed by atoms with van der Waals surface area (Å²) in [7, 11) is 0. The van der Waals surface area contributed by atoms with E-state index in [-0.39, 0.29) is 6.10 Å². The number of pyridine rings is 1. The molecule has 4 heteroatoms. The van der Waals surface area contributed by atoms with E-state index < -0.39 is 6.10 Å². The Balaban J connectivity index is 2.06. The number of aromatic nitrogens is 1. The average Bonchev–Trinajstić information content (AvgIpc) is 2.41. The topological polar surface area (TPSA) is 68.4 Å². The highest BCUT2D eigenvalue weighted by Gasteiger charge is 2.11. The molecular weight excluding hydrogens is 252 g/mol.